The molecule has 1 aromatic rings. The maximum absolute atomic E-state index is 13.8. The van der Waals surface area contributed by atoms with Gasteiger partial charge in [0.15, 0.2) is 0 Å². The zero-order chi connectivity index (χ0) is 11.5. The molecule has 0 radical (unpaired) electrons. The summed E-state index contributed by atoms with van der Waals surface area (Å²) in [6, 6.07) is 5.66. The van der Waals surface area contributed by atoms with Crippen LogP contribution in [0.15, 0.2) is 22.7 Å². The van der Waals surface area contributed by atoms with Crippen LogP contribution in [0.1, 0.15) is 37.2 Å². The lowest BCUT2D eigenvalue weighted by atomic mass is 9.80. The normalized spacial score (nSPS) is 25.7. The van der Waals surface area contributed by atoms with Crippen molar-refractivity contribution in [1.82, 2.24) is 5.32 Å². The summed E-state index contributed by atoms with van der Waals surface area (Å²) in [5, 5.41) is 3.32. The van der Waals surface area contributed by atoms with Crippen LogP contribution in [-0.4, -0.2) is 13.1 Å². The standard InChI is InChI=1S/C13H17BrFN/c1-16-13-5-3-2-4-10(13)11-8-9(14)6-7-12(11)15/h6-8,10,13,16H,2-5H2,1H3. The predicted octanol–water partition coefficient (Wildman–Crippen LogP) is 3.83. The summed E-state index contributed by atoms with van der Waals surface area (Å²) in [6.07, 6.45) is 4.68. The maximum Gasteiger partial charge on any atom is 0.126 e. The molecule has 1 saturated carbocycles. The summed E-state index contributed by atoms with van der Waals surface area (Å²) in [5.41, 5.74) is 0.855. The Bertz CT molecular complexity index is 367. The van der Waals surface area contributed by atoms with Gasteiger partial charge in [0.1, 0.15) is 5.82 Å². The molecule has 2 unspecified atom stereocenters. The first kappa shape index (κ1) is 12.1. The molecule has 0 spiro atoms. The molecule has 0 aromatic heterocycles. The number of nitrogens with one attached hydrogen (secondary N) is 1. The second-order valence-corrected chi connectivity index (χ2v) is 5.37. The lowest BCUT2D eigenvalue weighted by molar-refractivity contribution is 0.337. The molecule has 2 atom stereocenters. The summed E-state index contributed by atoms with van der Waals surface area (Å²) in [6.45, 7) is 0. The Morgan fingerprint density at radius 1 is 1.31 bits per heavy atom. The molecule has 3 heteroatoms. The van der Waals surface area contributed by atoms with Crippen molar-refractivity contribution in [2.45, 2.75) is 37.6 Å². The minimum atomic E-state index is -0.0737. The van der Waals surface area contributed by atoms with Gasteiger partial charge in [0.05, 0.1) is 0 Å². The third-order valence-electron chi connectivity index (χ3n) is 3.49. The molecule has 0 amide bonds. The van der Waals surface area contributed by atoms with E-state index in [4.69, 9.17) is 0 Å². The second-order valence-electron chi connectivity index (χ2n) is 4.45. The van der Waals surface area contributed by atoms with Crippen molar-refractivity contribution in [3.63, 3.8) is 0 Å². The van der Waals surface area contributed by atoms with Crippen molar-refractivity contribution in [3.8, 4) is 0 Å². The SMILES string of the molecule is CNC1CCCCC1c1cc(Br)ccc1F. The summed E-state index contributed by atoms with van der Waals surface area (Å²) in [7, 11) is 1.97. The Morgan fingerprint density at radius 3 is 2.81 bits per heavy atom. The van der Waals surface area contributed by atoms with E-state index in [-0.39, 0.29) is 5.82 Å². The molecular weight excluding hydrogens is 269 g/mol. The van der Waals surface area contributed by atoms with Gasteiger partial charge >= 0.3 is 0 Å². The number of benzene rings is 1. The Balaban J connectivity index is 2.30. The zero-order valence-electron chi connectivity index (χ0n) is 9.47. The first-order valence-electron chi connectivity index (χ1n) is 5.84. The summed E-state index contributed by atoms with van der Waals surface area (Å²) < 4.78 is 14.8. The highest BCUT2D eigenvalue weighted by Crippen LogP contribution is 2.35. The van der Waals surface area contributed by atoms with Crippen molar-refractivity contribution < 1.29 is 4.39 Å². The molecule has 1 nitrogen and oxygen atoms in total. The molecule has 1 N–H and O–H groups in total. The van der Waals surface area contributed by atoms with E-state index in [9.17, 15) is 4.39 Å². The van der Waals surface area contributed by atoms with E-state index in [1.54, 1.807) is 12.1 Å². The number of likely N-dealkylation sites (N-methyl/N-ethyl adjacent to an activating group) is 1. The minimum absolute atomic E-state index is 0.0737. The number of halogens is 2. The third kappa shape index (κ3) is 2.46. The molecule has 1 aromatic carbocycles. The largest absolute Gasteiger partial charge is 0.316 e. The molecule has 0 heterocycles. The summed E-state index contributed by atoms with van der Waals surface area (Å²) in [5.74, 6) is 0.242. The monoisotopic (exact) mass is 285 g/mol. The fraction of sp³-hybridized carbons (Fsp3) is 0.538. The zero-order valence-corrected chi connectivity index (χ0v) is 11.1. The van der Waals surface area contributed by atoms with Gasteiger partial charge in [-0.2, -0.15) is 0 Å². The second kappa shape index (κ2) is 5.28. The molecule has 2 rings (SSSR count). The van der Waals surface area contributed by atoms with Crippen LogP contribution < -0.4 is 5.32 Å². The van der Waals surface area contributed by atoms with Gasteiger partial charge in [-0.3, -0.25) is 0 Å². The number of rotatable bonds is 2. The van der Waals surface area contributed by atoms with Crippen molar-refractivity contribution in [3.05, 3.63) is 34.1 Å². The number of hydrogen-bond acceptors (Lipinski definition) is 1. The maximum atomic E-state index is 13.8. The number of hydrogen-bond donors (Lipinski definition) is 1. The molecule has 1 fully saturated rings. The molecule has 1 aliphatic rings. The molecular formula is C13H17BrFN. The molecule has 1 aliphatic carbocycles. The Labute approximate surface area is 105 Å². The van der Waals surface area contributed by atoms with E-state index in [1.807, 2.05) is 13.1 Å². The minimum Gasteiger partial charge on any atom is -0.316 e. The van der Waals surface area contributed by atoms with Gasteiger partial charge in [0.2, 0.25) is 0 Å². The van der Waals surface area contributed by atoms with Gasteiger partial charge in [0.25, 0.3) is 0 Å². The molecule has 0 saturated heterocycles. The Hall–Kier alpha value is -0.410. The fourth-order valence-corrected chi connectivity index (χ4v) is 3.03. The summed E-state index contributed by atoms with van der Waals surface area (Å²) >= 11 is 3.42. The lowest BCUT2D eigenvalue weighted by Crippen LogP contribution is -2.35. The van der Waals surface area contributed by atoms with E-state index >= 15 is 0 Å². The van der Waals surface area contributed by atoms with Crippen molar-refractivity contribution in [2.75, 3.05) is 7.05 Å². The van der Waals surface area contributed by atoms with Gasteiger partial charge in [0, 0.05) is 16.4 Å². The first-order chi connectivity index (χ1) is 7.72. The quantitative estimate of drug-likeness (QED) is 0.871. The molecule has 0 aliphatic heterocycles. The average molecular weight is 286 g/mol. The van der Waals surface area contributed by atoms with Crippen LogP contribution in [0.25, 0.3) is 0 Å². The van der Waals surface area contributed by atoms with E-state index in [0.717, 1.165) is 22.9 Å². The van der Waals surface area contributed by atoms with Gasteiger partial charge in [-0.15, -0.1) is 0 Å². The van der Waals surface area contributed by atoms with Gasteiger partial charge in [-0.1, -0.05) is 28.8 Å². The highest BCUT2D eigenvalue weighted by Gasteiger charge is 2.27. The molecule has 88 valence electrons. The van der Waals surface area contributed by atoms with Crippen LogP contribution in [0.2, 0.25) is 0 Å². The van der Waals surface area contributed by atoms with Gasteiger partial charge in [-0.25, -0.2) is 4.39 Å². The van der Waals surface area contributed by atoms with Gasteiger partial charge < -0.3 is 5.32 Å². The predicted molar refractivity (Wildman–Crippen MR) is 68.2 cm³/mol. The molecule has 16 heavy (non-hydrogen) atoms. The smallest absolute Gasteiger partial charge is 0.126 e. The van der Waals surface area contributed by atoms with Crippen LogP contribution in [0.4, 0.5) is 4.39 Å². The van der Waals surface area contributed by atoms with Gasteiger partial charge in [-0.05, 0) is 43.7 Å². The topological polar surface area (TPSA) is 12.0 Å². The van der Waals surface area contributed by atoms with E-state index in [0.29, 0.717) is 12.0 Å². The van der Waals surface area contributed by atoms with E-state index in [2.05, 4.69) is 21.2 Å². The van der Waals surface area contributed by atoms with Crippen molar-refractivity contribution in [1.29, 1.82) is 0 Å². The van der Waals surface area contributed by atoms with E-state index in [1.165, 1.54) is 12.8 Å². The lowest BCUT2D eigenvalue weighted by Gasteiger charge is -2.32. The Kier molecular flexibility index (Phi) is 3.98. The van der Waals surface area contributed by atoms with Crippen LogP contribution in [0.5, 0.6) is 0 Å². The highest BCUT2D eigenvalue weighted by atomic mass is 79.9. The highest BCUT2D eigenvalue weighted by molar-refractivity contribution is 9.10. The fourth-order valence-electron chi connectivity index (χ4n) is 2.65. The van der Waals surface area contributed by atoms with E-state index < -0.39 is 0 Å². The summed E-state index contributed by atoms with van der Waals surface area (Å²) in [4.78, 5) is 0. The van der Waals surface area contributed by atoms with Crippen molar-refractivity contribution >= 4 is 15.9 Å². The Morgan fingerprint density at radius 2 is 2.06 bits per heavy atom. The van der Waals surface area contributed by atoms with Crippen LogP contribution in [0.3, 0.4) is 0 Å². The first-order valence-corrected chi connectivity index (χ1v) is 6.64. The van der Waals surface area contributed by atoms with Crippen molar-refractivity contribution in [2.24, 2.45) is 0 Å². The van der Waals surface area contributed by atoms with Crippen LogP contribution in [-0.2, 0) is 0 Å². The molecule has 0 bridgehead atoms. The average Bonchev–Trinajstić information content (AvgIpc) is 2.32. The third-order valence-corrected chi connectivity index (χ3v) is 3.99. The van der Waals surface area contributed by atoms with Crippen LogP contribution >= 0.6 is 15.9 Å². The van der Waals surface area contributed by atoms with Crippen LogP contribution in [0, 0.1) is 5.82 Å².